The van der Waals surface area contributed by atoms with Crippen LogP contribution in [0.5, 0.6) is 5.75 Å². The Balaban J connectivity index is 1.92. The number of hydrogen-bond acceptors (Lipinski definition) is 4. The first-order chi connectivity index (χ1) is 12.4. The molecule has 138 valence electrons. The average molecular weight is 356 g/mol. The number of anilines is 1. The zero-order chi connectivity index (χ0) is 18.8. The number of nitrogens with zero attached hydrogens (tertiary/aromatic N) is 2. The zero-order valence-corrected chi connectivity index (χ0v) is 15.2. The highest BCUT2D eigenvalue weighted by Gasteiger charge is 2.30. The Hall–Kier alpha value is -2.83. The Labute approximate surface area is 152 Å². The molecule has 0 atom stereocenters. The lowest BCUT2D eigenvalue weighted by Crippen LogP contribution is -2.35. The standard InChI is InChI=1S/C19H24N4O3/c1-4-18(25)21-13-7-8-14(17(24)9-13)15-10-16(12-5-6-12)23(22-15)19(26)20-11(2)3/h7-12,24H,4-6H2,1-3H3,(H,20,26)(H,21,25). The van der Waals surface area contributed by atoms with Gasteiger partial charge >= 0.3 is 6.03 Å². The molecule has 0 spiro atoms. The molecule has 0 saturated heterocycles. The second-order valence-corrected chi connectivity index (χ2v) is 6.88. The fourth-order valence-electron chi connectivity index (χ4n) is 2.74. The van der Waals surface area contributed by atoms with E-state index in [9.17, 15) is 14.7 Å². The van der Waals surface area contributed by atoms with Gasteiger partial charge in [0.25, 0.3) is 0 Å². The summed E-state index contributed by atoms with van der Waals surface area (Å²) in [5.41, 5.74) is 2.45. The van der Waals surface area contributed by atoms with Crippen LogP contribution in [-0.4, -0.2) is 32.9 Å². The fraction of sp³-hybridized carbons (Fsp3) is 0.421. The summed E-state index contributed by atoms with van der Waals surface area (Å²) in [6.07, 6.45) is 2.44. The van der Waals surface area contributed by atoms with Crippen molar-refractivity contribution in [2.75, 3.05) is 5.32 Å². The summed E-state index contributed by atoms with van der Waals surface area (Å²) >= 11 is 0. The number of amides is 2. The third-order valence-electron chi connectivity index (χ3n) is 4.22. The van der Waals surface area contributed by atoms with Crippen molar-refractivity contribution in [3.8, 4) is 17.0 Å². The van der Waals surface area contributed by atoms with Crippen LogP contribution in [0.1, 0.15) is 51.6 Å². The molecule has 0 radical (unpaired) electrons. The Bertz CT molecular complexity index is 837. The number of aromatic nitrogens is 2. The van der Waals surface area contributed by atoms with Crippen LogP contribution in [0.15, 0.2) is 24.3 Å². The lowest BCUT2D eigenvalue weighted by molar-refractivity contribution is -0.115. The Kier molecular flexibility index (Phi) is 4.97. The van der Waals surface area contributed by atoms with Gasteiger partial charge in [0, 0.05) is 35.7 Å². The molecule has 7 nitrogen and oxygen atoms in total. The van der Waals surface area contributed by atoms with Gasteiger partial charge in [0.05, 0.1) is 11.4 Å². The van der Waals surface area contributed by atoms with Crippen LogP contribution in [0, 0.1) is 0 Å². The van der Waals surface area contributed by atoms with E-state index in [1.54, 1.807) is 19.1 Å². The Morgan fingerprint density at radius 3 is 2.62 bits per heavy atom. The molecule has 1 saturated carbocycles. The lowest BCUT2D eigenvalue weighted by Gasteiger charge is -2.10. The van der Waals surface area contributed by atoms with Gasteiger partial charge in [0.2, 0.25) is 5.91 Å². The maximum Gasteiger partial charge on any atom is 0.342 e. The van der Waals surface area contributed by atoms with Gasteiger partial charge in [-0.05, 0) is 44.9 Å². The van der Waals surface area contributed by atoms with Gasteiger partial charge in [-0.2, -0.15) is 9.78 Å². The van der Waals surface area contributed by atoms with E-state index in [1.165, 1.54) is 10.7 Å². The van der Waals surface area contributed by atoms with Crippen molar-refractivity contribution in [2.24, 2.45) is 0 Å². The summed E-state index contributed by atoms with van der Waals surface area (Å²) in [7, 11) is 0. The average Bonchev–Trinajstić information content (AvgIpc) is 3.33. The lowest BCUT2D eigenvalue weighted by atomic mass is 10.1. The maximum atomic E-state index is 12.4. The van der Waals surface area contributed by atoms with E-state index in [0.717, 1.165) is 18.5 Å². The van der Waals surface area contributed by atoms with Crippen molar-refractivity contribution < 1.29 is 14.7 Å². The minimum atomic E-state index is -0.264. The fourth-order valence-corrected chi connectivity index (χ4v) is 2.74. The van der Waals surface area contributed by atoms with Crippen molar-refractivity contribution in [2.45, 2.75) is 52.0 Å². The van der Waals surface area contributed by atoms with E-state index in [2.05, 4.69) is 15.7 Å². The molecule has 1 aliphatic rings. The van der Waals surface area contributed by atoms with Crippen LogP contribution >= 0.6 is 0 Å². The molecule has 2 amide bonds. The van der Waals surface area contributed by atoms with Crippen LogP contribution in [0.3, 0.4) is 0 Å². The van der Waals surface area contributed by atoms with Crippen molar-refractivity contribution in [3.05, 3.63) is 30.0 Å². The van der Waals surface area contributed by atoms with Crippen LogP contribution < -0.4 is 10.6 Å². The van der Waals surface area contributed by atoms with Crippen molar-refractivity contribution >= 4 is 17.6 Å². The second kappa shape index (κ2) is 7.19. The molecule has 1 aromatic carbocycles. The van der Waals surface area contributed by atoms with E-state index < -0.39 is 0 Å². The summed E-state index contributed by atoms with van der Waals surface area (Å²) < 4.78 is 1.40. The topological polar surface area (TPSA) is 96.3 Å². The van der Waals surface area contributed by atoms with E-state index in [0.29, 0.717) is 29.3 Å². The third-order valence-corrected chi connectivity index (χ3v) is 4.22. The van der Waals surface area contributed by atoms with Crippen LogP contribution in [0.25, 0.3) is 11.3 Å². The SMILES string of the molecule is CCC(=O)Nc1ccc(-c2cc(C3CC3)n(C(=O)NC(C)C)n2)c(O)c1. The largest absolute Gasteiger partial charge is 0.507 e. The zero-order valence-electron chi connectivity index (χ0n) is 15.2. The van der Waals surface area contributed by atoms with Crippen LogP contribution in [0.4, 0.5) is 10.5 Å². The highest BCUT2D eigenvalue weighted by molar-refractivity contribution is 5.91. The number of carbonyl (C=O) groups excluding carboxylic acids is 2. The molecule has 0 aliphatic heterocycles. The molecule has 3 rings (SSSR count). The van der Waals surface area contributed by atoms with E-state index in [1.807, 2.05) is 19.9 Å². The van der Waals surface area contributed by atoms with E-state index in [4.69, 9.17) is 0 Å². The Morgan fingerprint density at radius 1 is 1.31 bits per heavy atom. The van der Waals surface area contributed by atoms with Gasteiger partial charge in [-0.3, -0.25) is 4.79 Å². The first kappa shape index (κ1) is 18.0. The van der Waals surface area contributed by atoms with Gasteiger partial charge < -0.3 is 15.7 Å². The Morgan fingerprint density at radius 2 is 2.04 bits per heavy atom. The number of hydrogen-bond donors (Lipinski definition) is 3. The number of aromatic hydroxyl groups is 1. The molecule has 0 bridgehead atoms. The van der Waals surface area contributed by atoms with E-state index in [-0.39, 0.29) is 23.7 Å². The monoisotopic (exact) mass is 356 g/mol. The molecule has 26 heavy (non-hydrogen) atoms. The molecule has 1 fully saturated rings. The quantitative estimate of drug-likeness (QED) is 0.764. The first-order valence-electron chi connectivity index (χ1n) is 8.93. The normalized spacial score (nSPS) is 13.7. The minimum absolute atomic E-state index is 0.00941. The van der Waals surface area contributed by atoms with Gasteiger partial charge in [-0.25, -0.2) is 4.79 Å². The predicted octanol–water partition coefficient (Wildman–Crippen LogP) is 3.45. The first-order valence-corrected chi connectivity index (χ1v) is 8.93. The van der Waals surface area contributed by atoms with Crippen molar-refractivity contribution in [1.29, 1.82) is 0 Å². The molecule has 0 unspecified atom stereocenters. The van der Waals surface area contributed by atoms with Gasteiger partial charge in [-0.15, -0.1) is 0 Å². The van der Waals surface area contributed by atoms with Crippen molar-refractivity contribution in [1.82, 2.24) is 15.1 Å². The maximum absolute atomic E-state index is 12.4. The summed E-state index contributed by atoms with van der Waals surface area (Å²) in [4.78, 5) is 23.9. The van der Waals surface area contributed by atoms with Crippen molar-refractivity contribution in [3.63, 3.8) is 0 Å². The number of phenolic OH excluding ortho intramolecular Hbond substituents is 1. The number of rotatable bonds is 5. The molecule has 3 N–H and O–H groups in total. The third kappa shape index (κ3) is 3.87. The van der Waals surface area contributed by atoms with Gasteiger partial charge in [0.1, 0.15) is 5.75 Å². The number of benzene rings is 1. The molecular formula is C19H24N4O3. The summed E-state index contributed by atoms with van der Waals surface area (Å²) in [6, 6.07) is 6.51. The van der Waals surface area contributed by atoms with Crippen LogP contribution in [-0.2, 0) is 4.79 Å². The van der Waals surface area contributed by atoms with Gasteiger partial charge in [-0.1, -0.05) is 6.92 Å². The number of carbonyl (C=O) groups is 2. The number of nitrogens with one attached hydrogen (secondary N) is 2. The summed E-state index contributed by atoms with van der Waals surface area (Å²) in [5.74, 6) is 0.220. The summed E-state index contributed by atoms with van der Waals surface area (Å²) in [6.45, 7) is 5.56. The smallest absolute Gasteiger partial charge is 0.342 e. The molecular weight excluding hydrogens is 332 g/mol. The molecule has 1 aliphatic carbocycles. The van der Waals surface area contributed by atoms with Crippen LogP contribution in [0.2, 0.25) is 0 Å². The molecule has 2 aromatic rings. The molecule has 7 heteroatoms. The highest BCUT2D eigenvalue weighted by Crippen LogP contribution is 2.42. The predicted molar refractivity (Wildman–Crippen MR) is 99.3 cm³/mol. The molecule has 1 heterocycles. The second-order valence-electron chi connectivity index (χ2n) is 6.88. The van der Waals surface area contributed by atoms with E-state index >= 15 is 0 Å². The van der Waals surface area contributed by atoms with Gasteiger partial charge in [0.15, 0.2) is 0 Å². The highest BCUT2D eigenvalue weighted by atomic mass is 16.3. The summed E-state index contributed by atoms with van der Waals surface area (Å²) in [5, 5.41) is 20.3. The number of phenols is 1. The molecule has 1 aromatic heterocycles. The minimum Gasteiger partial charge on any atom is -0.507 e.